The molecule has 0 saturated carbocycles. The lowest BCUT2D eigenvalue weighted by Crippen LogP contribution is -2.27. The quantitative estimate of drug-likeness (QED) is 0.657. The molecular formula is C22H20ClN3O2. The topological polar surface area (TPSA) is 71.1 Å². The molecule has 0 spiro atoms. The van der Waals surface area contributed by atoms with Gasteiger partial charge in [0.25, 0.3) is 11.8 Å². The molecule has 0 aliphatic heterocycles. The van der Waals surface area contributed by atoms with Gasteiger partial charge in [-0.2, -0.15) is 0 Å². The SMILES string of the molecule is Cc1cccc(NC(=O)c2cccc(C(=O)NCCc3ccc(Cl)cc3)n2)c1. The Balaban J connectivity index is 1.59. The summed E-state index contributed by atoms with van der Waals surface area (Å²) in [4.78, 5) is 28.9. The Morgan fingerprint density at radius 1 is 0.929 bits per heavy atom. The number of anilines is 1. The number of hydrogen-bond acceptors (Lipinski definition) is 3. The van der Waals surface area contributed by atoms with E-state index in [4.69, 9.17) is 11.6 Å². The van der Waals surface area contributed by atoms with Crippen molar-refractivity contribution in [3.63, 3.8) is 0 Å². The van der Waals surface area contributed by atoms with Gasteiger partial charge in [0.1, 0.15) is 11.4 Å². The molecule has 0 aliphatic rings. The normalized spacial score (nSPS) is 10.4. The summed E-state index contributed by atoms with van der Waals surface area (Å²) in [7, 11) is 0. The first-order valence-electron chi connectivity index (χ1n) is 8.89. The number of carbonyl (C=O) groups excluding carboxylic acids is 2. The number of carbonyl (C=O) groups is 2. The second kappa shape index (κ2) is 9.15. The van der Waals surface area contributed by atoms with Gasteiger partial charge in [0.2, 0.25) is 0 Å². The minimum absolute atomic E-state index is 0.187. The minimum Gasteiger partial charge on any atom is -0.350 e. The lowest BCUT2D eigenvalue weighted by Gasteiger charge is -2.08. The first kappa shape index (κ1) is 19.6. The van der Waals surface area contributed by atoms with Crippen LogP contribution in [-0.4, -0.2) is 23.3 Å². The molecule has 0 fully saturated rings. The van der Waals surface area contributed by atoms with E-state index in [1.807, 2.05) is 49.4 Å². The standard InChI is InChI=1S/C22H20ClN3O2/c1-15-4-2-5-18(14-15)25-22(28)20-7-3-6-19(26-20)21(27)24-13-12-16-8-10-17(23)11-9-16/h2-11,14H,12-13H2,1H3,(H,24,27)(H,25,28). The van der Waals surface area contributed by atoms with Gasteiger partial charge in [0.05, 0.1) is 0 Å². The zero-order chi connectivity index (χ0) is 19.9. The minimum atomic E-state index is -0.360. The molecule has 3 rings (SSSR count). The molecule has 6 heteroatoms. The Kier molecular flexibility index (Phi) is 6.40. The van der Waals surface area contributed by atoms with Crippen molar-refractivity contribution in [2.45, 2.75) is 13.3 Å². The summed E-state index contributed by atoms with van der Waals surface area (Å²) >= 11 is 5.86. The van der Waals surface area contributed by atoms with Crippen LogP contribution in [0.15, 0.2) is 66.7 Å². The predicted octanol–water partition coefficient (Wildman–Crippen LogP) is 4.27. The fourth-order valence-corrected chi connectivity index (χ4v) is 2.79. The highest BCUT2D eigenvalue weighted by atomic mass is 35.5. The smallest absolute Gasteiger partial charge is 0.274 e. The van der Waals surface area contributed by atoms with E-state index in [9.17, 15) is 9.59 Å². The Morgan fingerprint density at radius 3 is 2.32 bits per heavy atom. The van der Waals surface area contributed by atoms with Crippen LogP contribution in [0.2, 0.25) is 5.02 Å². The highest BCUT2D eigenvalue weighted by molar-refractivity contribution is 6.30. The number of amides is 2. The van der Waals surface area contributed by atoms with E-state index in [1.54, 1.807) is 24.3 Å². The number of hydrogen-bond donors (Lipinski definition) is 2. The molecule has 28 heavy (non-hydrogen) atoms. The zero-order valence-corrected chi connectivity index (χ0v) is 16.2. The number of rotatable bonds is 6. The van der Waals surface area contributed by atoms with E-state index in [0.29, 0.717) is 23.7 Å². The molecule has 2 N–H and O–H groups in total. The lowest BCUT2D eigenvalue weighted by atomic mass is 10.1. The molecule has 1 aromatic heterocycles. The second-order valence-corrected chi connectivity index (χ2v) is 6.80. The van der Waals surface area contributed by atoms with E-state index >= 15 is 0 Å². The molecule has 1 heterocycles. The third-order valence-corrected chi connectivity index (χ3v) is 4.35. The third kappa shape index (κ3) is 5.41. The van der Waals surface area contributed by atoms with E-state index in [1.165, 1.54) is 0 Å². The highest BCUT2D eigenvalue weighted by Crippen LogP contribution is 2.12. The lowest BCUT2D eigenvalue weighted by molar-refractivity contribution is 0.0949. The molecule has 0 bridgehead atoms. The van der Waals surface area contributed by atoms with Gasteiger partial charge in [-0.3, -0.25) is 9.59 Å². The van der Waals surface area contributed by atoms with Gasteiger partial charge in [-0.15, -0.1) is 0 Å². The van der Waals surface area contributed by atoms with Gasteiger partial charge in [-0.25, -0.2) is 4.98 Å². The van der Waals surface area contributed by atoms with Crippen molar-refractivity contribution < 1.29 is 9.59 Å². The summed E-state index contributed by atoms with van der Waals surface area (Å²) < 4.78 is 0. The van der Waals surface area contributed by atoms with Crippen LogP contribution in [0.1, 0.15) is 32.1 Å². The van der Waals surface area contributed by atoms with Crippen molar-refractivity contribution in [1.29, 1.82) is 0 Å². The Hall–Kier alpha value is -3.18. The molecule has 0 aliphatic carbocycles. The van der Waals surface area contributed by atoms with E-state index < -0.39 is 0 Å². The third-order valence-electron chi connectivity index (χ3n) is 4.10. The van der Waals surface area contributed by atoms with Crippen molar-refractivity contribution >= 4 is 29.1 Å². The number of aryl methyl sites for hydroxylation is 1. The van der Waals surface area contributed by atoms with Crippen LogP contribution in [0.3, 0.4) is 0 Å². The van der Waals surface area contributed by atoms with Crippen LogP contribution in [0.4, 0.5) is 5.69 Å². The maximum Gasteiger partial charge on any atom is 0.274 e. The van der Waals surface area contributed by atoms with Crippen LogP contribution in [0, 0.1) is 6.92 Å². The summed E-state index contributed by atoms with van der Waals surface area (Å²) in [6.45, 7) is 2.41. The fraction of sp³-hybridized carbons (Fsp3) is 0.136. The molecular weight excluding hydrogens is 374 g/mol. The summed E-state index contributed by atoms with van der Waals surface area (Å²) in [5.41, 5.74) is 3.19. The van der Waals surface area contributed by atoms with Gasteiger partial charge in [0, 0.05) is 17.3 Å². The Labute approximate surface area is 168 Å². The zero-order valence-electron chi connectivity index (χ0n) is 15.4. The van der Waals surface area contributed by atoms with Crippen molar-refractivity contribution in [1.82, 2.24) is 10.3 Å². The first-order valence-corrected chi connectivity index (χ1v) is 9.27. The Morgan fingerprint density at radius 2 is 1.61 bits per heavy atom. The van der Waals surface area contributed by atoms with Gasteiger partial charge in [-0.1, -0.05) is 41.9 Å². The van der Waals surface area contributed by atoms with Gasteiger partial charge < -0.3 is 10.6 Å². The molecule has 0 saturated heterocycles. The number of nitrogens with zero attached hydrogens (tertiary/aromatic N) is 1. The van der Waals surface area contributed by atoms with Crippen molar-refractivity contribution in [3.8, 4) is 0 Å². The molecule has 5 nitrogen and oxygen atoms in total. The van der Waals surface area contributed by atoms with Crippen molar-refractivity contribution in [2.75, 3.05) is 11.9 Å². The number of aromatic nitrogens is 1. The molecule has 0 unspecified atom stereocenters. The molecule has 3 aromatic rings. The first-order chi connectivity index (χ1) is 13.5. The average molecular weight is 394 g/mol. The summed E-state index contributed by atoms with van der Waals surface area (Å²) in [5.74, 6) is -0.680. The van der Waals surface area contributed by atoms with E-state index in [-0.39, 0.29) is 23.2 Å². The van der Waals surface area contributed by atoms with E-state index in [0.717, 1.165) is 11.1 Å². The Bertz CT molecular complexity index is 987. The molecule has 0 atom stereocenters. The molecule has 0 radical (unpaired) electrons. The van der Waals surface area contributed by atoms with Crippen LogP contribution >= 0.6 is 11.6 Å². The van der Waals surface area contributed by atoms with Gasteiger partial charge >= 0.3 is 0 Å². The summed E-state index contributed by atoms with van der Waals surface area (Å²) in [6.07, 6.45) is 0.677. The maximum atomic E-state index is 12.4. The summed E-state index contributed by atoms with van der Waals surface area (Å²) in [5, 5.41) is 6.29. The fourth-order valence-electron chi connectivity index (χ4n) is 2.67. The van der Waals surface area contributed by atoms with Gasteiger partial charge in [0.15, 0.2) is 0 Å². The van der Waals surface area contributed by atoms with Gasteiger partial charge in [-0.05, 0) is 60.9 Å². The van der Waals surface area contributed by atoms with Crippen LogP contribution < -0.4 is 10.6 Å². The number of halogens is 1. The largest absolute Gasteiger partial charge is 0.350 e. The predicted molar refractivity (Wildman–Crippen MR) is 111 cm³/mol. The van der Waals surface area contributed by atoms with E-state index in [2.05, 4.69) is 15.6 Å². The number of benzene rings is 2. The number of pyridine rings is 1. The number of nitrogens with one attached hydrogen (secondary N) is 2. The van der Waals surface area contributed by atoms with Crippen LogP contribution in [0.5, 0.6) is 0 Å². The van der Waals surface area contributed by atoms with Crippen molar-refractivity contribution in [3.05, 3.63) is 94.3 Å². The van der Waals surface area contributed by atoms with Crippen LogP contribution in [-0.2, 0) is 6.42 Å². The highest BCUT2D eigenvalue weighted by Gasteiger charge is 2.12. The maximum absolute atomic E-state index is 12.4. The molecule has 2 aromatic carbocycles. The second-order valence-electron chi connectivity index (χ2n) is 6.36. The van der Waals surface area contributed by atoms with Crippen molar-refractivity contribution in [2.24, 2.45) is 0 Å². The average Bonchev–Trinajstić information content (AvgIpc) is 2.69. The van der Waals surface area contributed by atoms with Crippen LogP contribution in [0.25, 0.3) is 0 Å². The summed E-state index contributed by atoms with van der Waals surface area (Å²) in [6, 6.07) is 19.8. The monoisotopic (exact) mass is 393 g/mol. The molecule has 2 amide bonds. The molecule has 142 valence electrons.